The first kappa shape index (κ1) is 13.9. The van der Waals surface area contributed by atoms with Gasteiger partial charge in [-0.1, -0.05) is 13.8 Å². The predicted molar refractivity (Wildman–Crippen MR) is 73.4 cm³/mol. The second kappa shape index (κ2) is 8.03. The van der Waals surface area contributed by atoms with Crippen molar-refractivity contribution in [3.8, 4) is 11.8 Å². The number of hydrogen-bond acceptors (Lipinski definition) is 3. The molecule has 0 aliphatic rings. The lowest BCUT2D eigenvalue weighted by molar-refractivity contribution is 0.344. The van der Waals surface area contributed by atoms with Gasteiger partial charge in [0.2, 0.25) is 0 Å². The molecule has 1 aromatic rings. The Morgan fingerprint density at radius 2 is 1.94 bits per heavy atom. The van der Waals surface area contributed by atoms with Crippen LogP contribution in [0.2, 0.25) is 0 Å². The van der Waals surface area contributed by atoms with Crippen molar-refractivity contribution in [2.24, 2.45) is 5.92 Å². The molecule has 0 saturated heterocycles. The van der Waals surface area contributed by atoms with E-state index in [2.05, 4.69) is 19.9 Å². The molecule has 3 heteroatoms. The Morgan fingerprint density at radius 3 is 2.53 bits per heavy atom. The van der Waals surface area contributed by atoms with Crippen LogP contribution in [-0.2, 0) is 0 Å². The summed E-state index contributed by atoms with van der Waals surface area (Å²) >= 11 is 1.93. The van der Waals surface area contributed by atoms with Crippen molar-refractivity contribution >= 4 is 11.8 Å². The molecular weight excluding hydrogens is 230 g/mol. The molecule has 0 spiro atoms. The number of benzene rings is 1. The van der Waals surface area contributed by atoms with E-state index in [4.69, 9.17) is 10.00 Å². The van der Waals surface area contributed by atoms with Crippen molar-refractivity contribution in [2.45, 2.75) is 20.3 Å². The third-order valence-corrected chi connectivity index (χ3v) is 3.30. The van der Waals surface area contributed by atoms with Gasteiger partial charge in [-0.05, 0) is 42.4 Å². The molecule has 1 aromatic carbocycles. The molecule has 0 N–H and O–H groups in total. The smallest absolute Gasteiger partial charge is 0.119 e. The van der Waals surface area contributed by atoms with Crippen LogP contribution in [0.15, 0.2) is 24.3 Å². The van der Waals surface area contributed by atoms with Crippen molar-refractivity contribution in [1.29, 1.82) is 5.26 Å². The minimum atomic E-state index is 0.670. The third kappa shape index (κ3) is 6.23. The molecule has 0 aromatic heterocycles. The Morgan fingerprint density at radius 1 is 1.24 bits per heavy atom. The Balaban J connectivity index is 2.12. The van der Waals surface area contributed by atoms with Crippen molar-refractivity contribution in [2.75, 3.05) is 18.1 Å². The zero-order valence-corrected chi connectivity index (χ0v) is 11.3. The highest BCUT2D eigenvalue weighted by atomic mass is 32.2. The fraction of sp³-hybridized carbons (Fsp3) is 0.500. The summed E-state index contributed by atoms with van der Waals surface area (Å²) in [6.45, 7) is 5.22. The summed E-state index contributed by atoms with van der Waals surface area (Å²) in [6, 6.07) is 9.34. The molecule has 0 radical (unpaired) electrons. The molecule has 0 bridgehead atoms. The molecular formula is C14H19NOS. The fourth-order valence-electron chi connectivity index (χ4n) is 1.27. The van der Waals surface area contributed by atoms with Gasteiger partial charge in [0.25, 0.3) is 0 Å². The van der Waals surface area contributed by atoms with Crippen LogP contribution in [0.1, 0.15) is 25.8 Å². The highest BCUT2D eigenvalue weighted by molar-refractivity contribution is 7.99. The van der Waals surface area contributed by atoms with Crippen molar-refractivity contribution in [1.82, 2.24) is 0 Å². The zero-order valence-electron chi connectivity index (χ0n) is 10.5. The normalized spacial score (nSPS) is 10.2. The van der Waals surface area contributed by atoms with E-state index in [0.717, 1.165) is 24.0 Å². The van der Waals surface area contributed by atoms with Gasteiger partial charge in [-0.15, -0.1) is 0 Å². The van der Waals surface area contributed by atoms with Crippen LogP contribution in [-0.4, -0.2) is 18.1 Å². The van der Waals surface area contributed by atoms with Gasteiger partial charge in [-0.25, -0.2) is 0 Å². The van der Waals surface area contributed by atoms with Crippen LogP contribution < -0.4 is 4.74 Å². The van der Waals surface area contributed by atoms with Crippen LogP contribution in [0, 0.1) is 17.2 Å². The monoisotopic (exact) mass is 249 g/mol. The van der Waals surface area contributed by atoms with Gasteiger partial charge in [0, 0.05) is 5.75 Å². The van der Waals surface area contributed by atoms with Crippen LogP contribution in [0.4, 0.5) is 0 Å². The lowest BCUT2D eigenvalue weighted by atomic mass is 10.2. The summed E-state index contributed by atoms with van der Waals surface area (Å²) in [5.41, 5.74) is 0.670. The molecule has 0 unspecified atom stereocenters. The molecule has 1 rings (SSSR count). The number of ether oxygens (including phenoxy) is 1. The standard InChI is InChI=1S/C14H19NOS/c1-12(2)7-9-17-10-8-16-14-5-3-13(11-15)4-6-14/h3-6,12H,7-10H2,1-2H3. The van der Waals surface area contributed by atoms with E-state index in [1.165, 1.54) is 12.2 Å². The maximum Gasteiger partial charge on any atom is 0.119 e. The van der Waals surface area contributed by atoms with Crippen LogP contribution in [0.25, 0.3) is 0 Å². The van der Waals surface area contributed by atoms with Gasteiger partial charge in [0.1, 0.15) is 5.75 Å². The lowest BCUT2D eigenvalue weighted by Gasteiger charge is -2.07. The molecule has 0 aliphatic heterocycles. The maximum atomic E-state index is 8.65. The van der Waals surface area contributed by atoms with Gasteiger partial charge in [0.05, 0.1) is 18.2 Å². The first-order valence-corrected chi connectivity index (χ1v) is 7.08. The van der Waals surface area contributed by atoms with E-state index in [1.54, 1.807) is 12.1 Å². The Labute approximate surface area is 108 Å². The first-order valence-electron chi connectivity index (χ1n) is 5.93. The highest BCUT2D eigenvalue weighted by Crippen LogP contribution is 2.13. The summed E-state index contributed by atoms with van der Waals surface area (Å²) < 4.78 is 5.58. The summed E-state index contributed by atoms with van der Waals surface area (Å²) in [4.78, 5) is 0. The second-order valence-corrected chi connectivity index (χ2v) is 5.50. The molecule has 0 fully saturated rings. The molecule has 92 valence electrons. The lowest BCUT2D eigenvalue weighted by Crippen LogP contribution is -2.01. The average Bonchev–Trinajstić information content (AvgIpc) is 2.34. The predicted octanol–water partition coefficient (Wildman–Crippen LogP) is 3.72. The minimum absolute atomic E-state index is 0.670. The second-order valence-electron chi connectivity index (χ2n) is 4.28. The Hall–Kier alpha value is -1.14. The molecule has 0 saturated carbocycles. The van der Waals surface area contributed by atoms with Crippen molar-refractivity contribution < 1.29 is 4.74 Å². The number of rotatable bonds is 7. The van der Waals surface area contributed by atoms with Gasteiger partial charge < -0.3 is 4.74 Å². The minimum Gasteiger partial charge on any atom is -0.493 e. The van der Waals surface area contributed by atoms with Crippen molar-refractivity contribution in [3.05, 3.63) is 29.8 Å². The summed E-state index contributed by atoms with van der Waals surface area (Å²) in [5.74, 6) is 3.84. The van der Waals surface area contributed by atoms with Crippen molar-refractivity contribution in [3.63, 3.8) is 0 Å². The van der Waals surface area contributed by atoms with Gasteiger partial charge in [-0.2, -0.15) is 17.0 Å². The number of nitrogens with zero attached hydrogens (tertiary/aromatic N) is 1. The first-order chi connectivity index (χ1) is 8.22. The maximum absolute atomic E-state index is 8.65. The Kier molecular flexibility index (Phi) is 6.57. The van der Waals surface area contributed by atoms with E-state index in [9.17, 15) is 0 Å². The van der Waals surface area contributed by atoms with E-state index >= 15 is 0 Å². The molecule has 0 amide bonds. The zero-order chi connectivity index (χ0) is 12.5. The van der Waals surface area contributed by atoms with E-state index in [0.29, 0.717) is 5.56 Å². The van der Waals surface area contributed by atoms with Crippen LogP contribution in [0.3, 0.4) is 0 Å². The summed E-state index contributed by atoms with van der Waals surface area (Å²) in [6.07, 6.45) is 1.27. The quantitative estimate of drug-likeness (QED) is 0.690. The SMILES string of the molecule is CC(C)CCSCCOc1ccc(C#N)cc1. The van der Waals surface area contributed by atoms with Crippen LogP contribution >= 0.6 is 11.8 Å². The number of nitriles is 1. The van der Waals surface area contributed by atoms with Gasteiger partial charge >= 0.3 is 0 Å². The van der Waals surface area contributed by atoms with Crippen LogP contribution in [0.5, 0.6) is 5.75 Å². The molecule has 17 heavy (non-hydrogen) atoms. The van der Waals surface area contributed by atoms with E-state index in [-0.39, 0.29) is 0 Å². The Bertz CT molecular complexity index is 353. The molecule has 0 heterocycles. The highest BCUT2D eigenvalue weighted by Gasteiger charge is 1.96. The van der Waals surface area contributed by atoms with E-state index < -0.39 is 0 Å². The third-order valence-electron chi connectivity index (χ3n) is 2.32. The molecule has 2 nitrogen and oxygen atoms in total. The summed E-state index contributed by atoms with van der Waals surface area (Å²) in [5, 5.41) is 8.65. The topological polar surface area (TPSA) is 33.0 Å². The largest absolute Gasteiger partial charge is 0.493 e. The average molecular weight is 249 g/mol. The van der Waals surface area contributed by atoms with Gasteiger partial charge in [-0.3, -0.25) is 0 Å². The molecule has 0 aliphatic carbocycles. The van der Waals surface area contributed by atoms with Gasteiger partial charge in [0.15, 0.2) is 0 Å². The van der Waals surface area contributed by atoms with E-state index in [1.807, 2.05) is 23.9 Å². The number of hydrogen-bond donors (Lipinski definition) is 0. The molecule has 0 atom stereocenters. The fourth-order valence-corrected chi connectivity index (χ4v) is 2.31. The summed E-state index contributed by atoms with van der Waals surface area (Å²) in [7, 11) is 0. The number of thioether (sulfide) groups is 1.